The fourth-order valence-electron chi connectivity index (χ4n) is 3.71. The average molecular weight is 299 g/mol. The maximum atomic E-state index is 12.6. The van der Waals surface area contributed by atoms with Gasteiger partial charge >= 0.3 is 0 Å². The molecule has 1 fully saturated rings. The average Bonchev–Trinajstić information content (AvgIpc) is 2.99. The van der Waals surface area contributed by atoms with E-state index in [1.54, 1.807) is 4.90 Å². The SMILES string of the molecule is NC1CCc2cc3c(cc21)C(=O)N(C1CCC(=O)NC1=O)C3. The van der Waals surface area contributed by atoms with Gasteiger partial charge in [-0.2, -0.15) is 0 Å². The molecule has 0 radical (unpaired) electrons. The zero-order valence-corrected chi connectivity index (χ0v) is 12.1. The molecule has 6 nitrogen and oxygen atoms in total. The van der Waals surface area contributed by atoms with Crippen molar-refractivity contribution in [3.05, 3.63) is 34.4 Å². The number of carbonyl (C=O) groups excluding carboxylic acids is 3. The molecular formula is C16H17N3O3. The van der Waals surface area contributed by atoms with E-state index in [0.29, 0.717) is 18.5 Å². The van der Waals surface area contributed by atoms with Gasteiger partial charge in [0.05, 0.1) is 0 Å². The summed E-state index contributed by atoms with van der Waals surface area (Å²) in [6.07, 6.45) is 2.53. The molecule has 2 atom stereocenters. The number of nitrogens with zero attached hydrogens (tertiary/aromatic N) is 1. The number of carbonyl (C=O) groups is 3. The zero-order chi connectivity index (χ0) is 15.4. The van der Waals surface area contributed by atoms with Gasteiger partial charge in [0.25, 0.3) is 5.91 Å². The van der Waals surface area contributed by atoms with Crippen molar-refractivity contribution in [3.63, 3.8) is 0 Å². The minimum absolute atomic E-state index is 0.00208. The van der Waals surface area contributed by atoms with Crippen molar-refractivity contribution >= 4 is 17.7 Å². The van der Waals surface area contributed by atoms with Crippen molar-refractivity contribution in [2.75, 3.05) is 0 Å². The Bertz CT molecular complexity index is 713. The predicted octanol–water partition coefficient (Wildman–Crippen LogP) is 0.394. The van der Waals surface area contributed by atoms with E-state index in [9.17, 15) is 14.4 Å². The van der Waals surface area contributed by atoms with Crippen LogP contribution in [0, 0.1) is 0 Å². The molecule has 0 spiro atoms. The van der Waals surface area contributed by atoms with Gasteiger partial charge in [0, 0.05) is 24.6 Å². The largest absolute Gasteiger partial charge is 0.324 e. The van der Waals surface area contributed by atoms with E-state index < -0.39 is 6.04 Å². The second kappa shape index (κ2) is 4.64. The van der Waals surface area contributed by atoms with Crippen molar-refractivity contribution in [1.82, 2.24) is 10.2 Å². The molecular weight excluding hydrogens is 282 g/mol. The number of hydrogen-bond donors (Lipinski definition) is 2. The van der Waals surface area contributed by atoms with Crippen LogP contribution in [0.1, 0.15) is 52.4 Å². The lowest BCUT2D eigenvalue weighted by molar-refractivity contribution is -0.136. The van der Waals surface area contributed by atoms with Gasteiger partial charge in [0.2, 0.25) is 11.8 Å². The number of fused-ring (bicyclic) bond motifs is 2. The van der Waals surface area contributed by atoms with Gasteiger partial charge in [-0.15, -0.1) is 0 Å². The molecule has 1 aromatic rings. The summed E-state index contributed by atoms with van der Waals surface area (Å²) in [6, 6.07) is 3.40. The second-order valence-electron chi connectivity index (χ2n) is 6.25. The lowest BCUT2D eigenvalue weighted by Crippen LogP contribution is -2.52. The third kappa shape index (κ3) is 1.87. The zero-order valence-electron chi connectivity index (χ0n) is 12.1. The first-order valence-electron chi connectivity index (χ1n) is 7.60. The lowest BCUT2D eigenvalue weighted by atomic mass is 10.0. The molecule has 114 valence electrons. The van der Waals surface area contributed by atoms with E-state index in [2.05, 4.69) is 11.4 Å². The number of aryl methyl sites for hydroxylation is 1. The molecule has 3 N–H and O–H groups in total. The molecule has 3 aliphatic rings. The van der Waals surface area contributed by atoms with Crippen LogP contribution in [-0.4, -0.2) is 28.7 Å². The Hall–Kier alpha value is -2.21. The van der Waals surface area contributed by atoms with E-state index in [-0.39, 0.29) is 30.2 Å². The van der Waals surface area contributed by atoms with Crippen LogP contribution < -0.4 is 11.1 Å². The summed E-state index contributed by atoms with van der Waals surface area (Å²) >= 11 is 0. The van der Waals surface area contributed by atoms with E-state index >= 15 is 0 Å². The molecule has 0 aromatic heterocycles. The maximum Gasteiger partial charge on any atom is 0.255 e. The molecule has 6 heteroatoms. The molecule has 2 heterocycles. The Balaban J connectivity index is 1.65. The smallest absolute Gasteiger partial charge is 0.255 e. The normalized spacial score (nSPS) is 27.0. The van der Waals surface area contributed by atoms with E-state index in [1.807, 2.05) is 6.07 Å². The van der Waals surface area contributed by atoms with Crippen molar-refractivity contribution < 1.29 is 14.4 Å². The fourth-order valence-corrected chi connectivity index (χ4v) is 3.71. The Kier molecular flexibility index (Phi) is 2.84. The highest BCUT2D eigenvalue weighted by Gasteiger charge is 2.39. The third-order valence-electron chi connectivity index (χ3n) is 4.91. The molecule has 1 aromatic carbocycles. The summed E-state index contributed by atoms with van der Waals surface area (Å²) in [6.45, 7) is 0.433. The maximum absolute atomic E-state index is 12.6. The van der Waals surface area contributed by atoms with E-state index in [0.717, 1.165) is 24.0 Å². The number of amides is 3. The van der Waals surface area contributed by atoms with Crippen molar-refractivity contribution in [1.29, 1.82) is 0 Å². The van der Waals surface area contributed by atoms with Crippen LogP contribution >= 0.6 is 0 Å². The summed E-state index contributed by atoms with van der Waals surface area (Å²) < 4.78 is 0. The Morgan fingerprint density at radius 3 is 2.68 bits per heavy atom. The molecule has 0 saturated carbocycles. The number of nitrogens with one attached hydrogen (secondary N) is 1. The highest BCUT2D eigenvalue weighted by molar-refractivity contribution is 6.05. The molecule has 22 heavy (non-hydrogen) atoms. The van der Waals surface area contributed by atoms with Crippen molar-refractivity contribution in [2.24, 2.45) is 5.73 Å². The fraction of sp³-hybridized carbons (Fsp3) is 0.438. The van der Waals surface area contributed by atoms with E-state index in [4.69, 9.17) is 5.73 Å². The van der Waals surface area contributed by atoms with Gasteiger partial charge in [0.1, 0.15) is 6.04 Å². The number of piperidine rings is 1. The van der Waals surface area contributed by atoms with Gasteiger partial charge in [-0.1, -0.05) is 6.07 Å². The molecule has 0 bridgehead atoms. The van der Waals surface area contributed by atoms with Crippen LogP contribution in [0.5, 0.6) is 0 Å². The van der Waals surface area contributed by atoms with Crippen LogP contribution in [0.4, 0.5) is 0 Å². The monoisotopic (exact) mass is 299 g/mol. The van der Waals surface area contributed by atoms with Crippen LogP contribution in [0.2, 0.25) is 0 Å². The van der Waals surface area contributed by atoms with Crippen molar-refractivity contribution in [2.45, 2.75) is 44.3 Å². The highest BCUT2D eigenvalue weighted by atomic mass is 16.2. The van der Waals surface area contributed by atoms with Gasteiger partial charge in [0.15, 0.2) is 0 Å². The quantitative estimate of drug-likeness (QED) is 0.734. The highest BCUT2D eigenvalue weighted by Crippen LogP contribution is 2.36. The number of rotatable bonds is 1. The molecule has 3 amide bonds. The van der Waals surface area contributed by atoms with Crippen molar-refractivity contribution in [3.8, 4) is 0 Å². The standard InChI is InChI=1S/C16H17N3O3/c17-12-2-1-8-5-9-7-19(16(22)11(9)6-10(8)12)13-3-4-14(20)18-15(13)21/h5-6,12-13H,1-4,7,17H2,(H,18,20,21). The molecule has 2 aliphatic heterocycles. The number of imide groups is 1. The summed E-state index contributed by atoms with van der Waals surface area (Å²) in [5.74, 6) is -0.775. The van der Waals surface area contributed by atoms with Gasteiger partial charge in [-0.3, -0.25) is 19.7 Å². The summed E-state index contributed by atoms with van der Waals surface area (Å²) in [5, 5.41) is 2.31. The first-order valence-corrected chi connectivity index (χ1v) is 7.60. The number of nitrogens with two attached hydrogens (primary N) is 1. The Morgan fingerprint density at radius 2 is 1.91 bits per heavy atom. The van der Waals surface area contributed by atoms with Crippen LogP contribution in [0.25, 0.3) is 0 Å². The van der Waals surface area contributed by atoms with Gasteiger partial charge < -0.3 is 10.6 Å². The third-order valence-corrected chi connectivity index (χ3v) is 4.91. The topological polar surface area (TPSA) is 92.5 Å². The lowest BCUT2D eigenvalue weighted by Gasteiger charge is -2.29. The van der Waals surface area contributed by atoms with Crippen LogP contribution in [0.15, 0.2) is 12.1 Å². The van der Waals surface area contributed by atoms with Gasteiger partial charge in [-0.25, -0.2) is 0 Å². The molecule has 4 rings (SSSR count). The summed E-state index contributed by atoms with van der Waals surface area (Å²) in [7, 11) is 0. The van der Waals surface area contributed by atoms with Gasteiger partial charge in [-0.05, 0) is 42.0 Å². The van der Waals surface area contributed by atoms with Crippen LogP contribution in [0.3, 0.4) is 0 Å². The van der Waals surface area contributed by atoms with E-state index in [1.165, 1.54) is 5.56 Å². The number of benzene rings is 1. The van der Waals surface area contributed by atoms with Crippen LogP contribution in [-0.2, 0) is 22.6 Å². The predicted molar refractivity (Wildman–Crippen MR) is 77.7 cm³/mol. The Labute approximate surface area is 127 Å². The summed E-state index contributed by atoms with van der Waals surface area (Å²) in [5.41, 5.74) is 9.95. The second-order valence-corrected chi connectivity index (χ2v) is 6.25. The minimum Gasteiger partial charge on any atom is -0.324 e. The Morgan fingerprint density at radius 1 is 1.09 bits per heavy atom. The molecule has 1 aliphatic carbocycles. The molecule has 2 unspecified atom stereocenters. The summed E-state index contributed by atoms with van der Waals surface area (Å²) in [4.78, 5) is 37.5. The molecule has 1 saturated heterocycles. The first-order chi connectivity index (χ1) is 10.5. The first kappa shape index (κ1) is 13.5. The number of hydrogen-bond acceptors (Lipinski definition) is 4. The minimum atomic E-state index is -0.555.